The predicted molar refractivity (Wildman–Crippen MR) is 78.5 cm³/mol. The maximum atomic E-state index is 12.3. The van der Waals surface area contributed by atoms with Crippen LogP contribution < -0.4 is 0 Å². The van der Waals surface area contributed by atoms with Crippen LogP contribution in [-0.2, 0) is 6.54 Å². The van der Waals surface area contributed by atoms with E-state index in [-0.39, 0.29) is 5.91 Å². The average molecular weight is 309 g/mol. The molecule has 0 saturated carbocycles. The average Bonchev–Trinajstić information content (AvgIpc) is 2.75. The van der Waals surface area contributed by atoms with Crippen LogP contribution >= 0.6 is 11.6 Å². The van der Waals surface area contributed by atoms with Crippen molar-refractivity contribution >= 4 is 23.6 Å². The number of carbonyl (C=O) groups is 2. The van der Waals surface area contributed by atoms with Crippen molar-refractivity contribution < 1.29 is 14.7 Å². The maximum Gasteiger partial charge on any atom is 0.407 e. The topological polar surface area (TPSA) is 60.9 Å². The Kier molecular flexibility index (Phi) is 3.76. The second-order valence-electron chi connectivity index (χ2n) is 5.70. The molecule has 2 amide bonds. The van der Waals surface area contributed by atoms with Crippen LogP contribution in [0.3, 0.4) is 0 Å². The van der Waals surface area contributed by atoms with Gasteiger partial charge in [0.1, 0.15) is 0 Å². The number of benzene rings is 1. The van der Waals surface area contributed by atoms with E-state index in [1.165, 1.54) is 4.90 Å². The molecule has 0 spiro atoms. The Morgan fingerprint density at radius 3 is 2.71 bits per heavy atom. The minimum absolute atomic E-state index is 0.0577. The van der Waals surface area contributed by atoms with Crippen LogP contribution in [0.1, 0.15) is 28.8 Å². The number of carbonyl (C=O) groups excluding carboxylic acids is 1. The van der Waals surface area contributed by atoms with Crippen LogP contribution in [0.5, 0.6) is 0 Å². The van der Waals surface area contributed by atoms with E-state index in [2.05, 4.69) is 0 Å². The molecule has 0 aliphatic carbocycles. The number of piperidine rings is 1. The molecule has 3 rings (SSSR count). The Bertz CT molecular complexity index is 582. The fourth-order valence-electron chi connectivity index (χ4n) is 3.12. The highest BCUT2D eigenvalue weighted by molar-refractivity contribution is 6.30. The number of likely N-dealkylation sites (tertiary alicyclic amines) is 1. The zero-order valence-electron chi connectivity index (χ0n) is 11.6. The molecule has 1 aromatic carbocycles. The SMILES string of the molecule is O=C(O)N1CCC(CN2Cc3cc(Cl)ccc3C2=O)CC1. The third-order valence-electron chi connectivity index (χ3n) is 4.31. The number of halogens is 1. The molecular weight excluding hydrogens is 292 g/mol. The molecule has 0 radical (unpaired) electrons. The first-order chi connectivity index (χ1) is 10.0. The molecule has 1 N–H and O–H groups in total. The first-order valence-corrected chi connectivity index (χ1v) is 7.48. The van der Waals surface area contributed by atoms with E-state index in [0.717, 1.165) is 24.0 Å². The van der Waals surface area contributed by atoms with Crippen molar-refractivity contribution in [2.45, 2.75) is 19.4 Å². The lowest BCUT2D eigenvalue weighted by Gasteiger charge is -2.32. The van der Waals surface area contributed by atoms with Gasteiger partial charge in [-0.3, -0.25) is 4.79 Å². The van der Waals surface area contributed by atoms with Gasteiger partial charge in [0.05, 0.1) is 0 Å². The van der Waals surface area contributed by atoms with Crippen molar-refractivity contribution in [1.29, 1.82) is 0 Å². The third kappa shape index (κ3) is 2.83. The summed E-state index contributed by atoms with van der Waals surface area (Å²) >= 11 is 5.97. The zero-order valence-corrected chi connectivity index (χ0v) is 12.3. The van der Waals surface area contributed by atoms with Gasteiger partial charge in [0.25, 0.3) is 5.91 Å². The summed E-state index contributed by atoms with van der Waals surface area (Å²) in [4.78, 5) is 26.5. The standard InChI is InChI=1S/C15H17ClN2O3/c16-12-1-2-13-11(7-12)9-18(14(13)19)8-10-3-5-17(6-4-10)15(20)21/h1-2,7,10H,3-6,8-9H2,(H,20,21). The van der Waals surface area contributed by atoms with E-state index < -0.39 is 6.09 Å². The normalized spacial score (nSPS) is 19.0. The zero-order chi connectivity index (χ0) is 15.0. The van der Waals surface area contributed by atoms with E-state index in [9.17, 15) is 9.59 Å². The summed E-state index contributed by atoms with van der Waals surface area (Å²) < 4.78 is 0. The van der Waals surface area contributed by atoms with Gasteiger partial charge in [-0.05, 0) is 42.5 Å². The van der Waals surface area contributed by atoms with Gasteiger partial charge in [-0.1, -0.05) is 11.6 Å². The molecule has 5 nitrogen and oxygen atoms in total. The second kappa shape index (κ2) is 5.56. The van der Waals surface area contributed by atoms with Gasteiger partial charge < -0.3 is 14.9 Å². The number of amides is 2. The Labute approximate surface area is 128 Å². The Morgan fingerprint density at radius 2 is 2.05 bits per heavy atom. The minimum Gasteiger partial charge on any atom is -0.465 e. The first-order valence-electron chi connectivity index (χ1n) is 7.10. The summed E-state index contributed by atoms with van der Waals surface area (Å²) in [6.45, 7) is 2.41. The number of hydrogen-bond donors (Lipinski definition) is 1. The summed E-state index contributed by atoms with van der Waals surface area (Å²) in [5, 5.41) is 9.60. The van der Waals surface area contributed by atoms with Crippen molar-refractivity contribution in [3.8, 4) is 0 Å². The highest BCUT2D eigenvalue weighted by Gasteiger charge is 2.31. The molecule has 21 heavy (non-hydrogen) atoms. The van der Waals surface area contributed by atoms with Gasteiger partial charge in [-0.2, -0.15) is 0 Å². The monoisotopic (exact) mass is 308 g/mol. The van der Waals surface area contributed by atoms with Gasteiger partial charge >= 0.3 is 6.09 Å². The smallest absolute Gasteiger partial charge is 0.407 e. The fraction of sp³-hybridized carbons (Fsp3) is 0.467. The van der Waals surface area contributed by atoms with Crippen LogP contribution in [0.15, 0.2) is 18.2 Å². The fourth-order valence-corrected chi connectivity index (χ4v) is 3.31. The summed E-state index contributed by atoms with van der Waals surface area (Å²) in [7, 11) is 0. The number of hydrogen-bond acceptors (Lipinski definition) is 2. The molecular formula is C15H17ClN2O3. The van der Waals surface area contributed by atoms with Gasteiger partial charge in [-0.15, -0.1) is 0 Å². The molecule has 0 unspecified atom stereocenters. The molecule has 2 aliphatic heterocycles. The van der Waals surface area contributed by atoms with Crippen molar-refractivity contribution in [3.63, 3.8) is 0 Å². The Balaban J connectivity index is 1.61. The lowest BCUT2D eigenvalue weighted by molar-refractivity contribution is 0.0707. The second-order valence-corrected chi connectivity index (χ2v) is 6.14. The molecule has 6 heteroatoms. The molecule has 0 aromatic heterocycles. The van der Waals surface area contributed by atoms with E-state index in [1.54, 1.807) is 12.1 Å². The quantitative estimate of drug-likeness (QED) is 0.913. The first kappa shape index (κ1) is 14.2. The molecule has 112 valence electrons. The summed E-state index contributed by atoms with van der Waals surface area (Å²) in [5.74, 6) is 0.427. The van der Waals surface area contributed by atoms with Crippen molar-refractivity contribution in [2.75, 3.05) is 19.6 Å². The molecule has 0 bridgehead atoms. The molecule has 2 heterocycles. The number of rotatable bonds is 2. The lowest BCUT2D eigenvalue weighted by atomic mass is 9.96. The van der Waals surface area contributed by atoms with E-state index >= 15 is 0 Å². The van der Waals surface area contributed by atoms with Crippen LogP contribution in [0.25, 0.3) is 0 Å². The minimum atomic E-state index is -0.854. The molecule has 1 fully saturated rings. The van der Waals surface area contributed by atoms with Crippen molar-refractivity contribution in [1.82, 2.24) is 9.80 Å². The van der Waals surface area contributed by atoms with Gasteiger partial charge in [0.15, 0.2) is 0 Å². The predicted octanol–water partition coefficient (Wildman–Crippen LogP) is 2.69. The molecule has 1 saturated heterocycles. The number of carboxylic acid groups (broad SMARTS) is 1. The van der Waals surface area contributed by atoms with Gasteiger partial charge in [0.2, 0.25) is 0 Å². The van der Waals surface area contributed by atoms with Crippen molar-refractivity contribution in [2.24, 2.45) is 5.92 Å². The molecule has 2 aliphatic rings. The third-order valence-corrected chi connectivity index (χ3v) is 4.54. The maximum absolute atomic E-state index is 12.3. The van der Waals surface area contributed by atoms with Crippen LogP contribution in [0.2, 0.25) is 5.02 Å². The van der Waals surface area contributed by atoms with Gasteiger partial charge in [0, 0.05) is 36.8 Å². The molecule has 0 atom stereocenters. The van der Waals surface area contributed by atoms with Crippen LogP contribution in [0, 0.1) is 5.92 Å². The Hall–Kier alpha value is -1.75. The number of nitrogens with zero attached hydrogens (tertiary/aromatic N) is 2. The highest BCUT2D eigenvalue weighted by atomic mass is 35.5. The number of fused-ring (bicyclic) bond motifs is 1. The van der Waals surface area contributed by atoms with Crippen LogP contribution in [0.4, 0.5) is 4.79 Å². The van der Waals surface area contributed by atoms with Crippen LogP contribution in [-0.4, -0.2) is 46.5 Å². The lowest BCUT2D eigenvalue weighted by Crippen LogP contribution is -2.41. The van der Waals surface area contributed by atoms with E-state index in [0.29, 0.717) is 37.1 Å². The Morgan fingerprint density at radius 1 is 1.33 bits per heavy atom. The molecule has 1 aromatic rings. The van der Waals surface area contributed by atoms with E-state index in [1.807, 2.05) is 11.0 Å². The van der Waals surface area contributed by atoms with Crippen molar-refractivity contribution in [3.05, 3.63) is 34.3 Å². The van der Waals surface area contributed by atoms with E-state index in [4.69, 9.17) is 16.7 Å². The largest absolute Gasteiger partial charge is 0.465 e. The summed E-state index contributed by atoms with van der Waals surface area (Å²) in [6.07, 6.45) is 0.771. The summed E-state index contributed by atoms with van der Waals surface area (Å²) in [6, 6.07) is 5.38. The summed E-state index contributed by atoms with van der Waals surface area (Å²) in [5.41, 5.74) is 1.72. The van der Waals surface area contributed by atoms with Gasteiger partial charge in [-0.25, -0.2) is 4.79 Å². The highest BCUT2D eigenvalue weighted by Crippen LogP contribution is 2.28.